The average Bonchev–Trinajstić information content (AvgIpc) is 2.17. The molecule has 0 aromatic heterocycles. The van der Waals surface area contributed by atoms with Crippen molar-refractivity contribution < 1.29 is 0 Å². The third-order valence-corrected chi connectivity index (χ3v) is 3.50. The summed E-state index contributed by atoms with van der Waals surface area (Å²) in [4.78, 5) is 0. The van der Waals surface area contributed by atoms with Crippen molar-refractivity contribution >= 4 is 0 Å². The highest BCUT2D eigenvalue weighted by molar-refractivity contribution is 4.79. The Morgan fingerprint density at radius 1 is 1.33 bits per heavy atom. The Bertz CT molecular complexity index is 114. The van der Waals surface area contributed by atoms with Gasteiger partial charge in [-0.25, -0.2) is 0 Å². The Hall–Kier alpha value is -0.0400. The normalized spacial score (nSPS) is 33.2. The second-order valence-corrected chi connectivity index (χ2v) is 4.24. The van der Waals surface area contributed by atoms with Gasteiger partial charge in [-0.05, 0) is 37.6 Å². The van der Waals surface area contributed by atoms with Gasteiger partial charge in [-0.2, -0.15) is 0 Å². The zero-order chi connectivity index (χ0) is 8.97. The SMILES string of the molecule is CCC1CCC(C(C)CC)CN1. The second-order valence-electron chi connectivity index (χ2n) is 4.24. The first-order valence-corrected chi connectivity index (χ1v) is 5.51. The molecule has 1 aliphatic heterocycles. The van der Waals surface area contributed by atoms with Crippen molar-refractivity contribution in [2.75, 3.05) is 6.54 Å². The summed E-state index contributed by atoms with van der Waals surface area (Å²) >= 11 is 0. The van der Waals surface area contributed by atoms with Gasteiger partial charge in [-0.1, -0.05) is 27.2 Å². The van der Waals surface area contributed by atoms with E-state index in [1.54, 1.807) is 0 Å². The van der Waals surface area contributed by atoms with E-state index >= 15 is 0 Å². The van der Waals surface area contributed by atoms with Crippen LogP contribution in [-0.2, 0) is 0 Å². The first-order chi connectivity index (χ1) is 5.77. The molecule has 0 aromatic rings. The van der Waals surface area contributed by atoms with Crippen LogP contribution in [0, 0.1) is 11.8 Å². The quantitative estimate of drug-likeness (QED) is 0.685. The highest BCUT2D eigenvalue weighted by Crippen LogP contribution is 2.24. The Morgan fingerprint density at radius 3 is 2.50 bits per heavy atom. The molecule has 0 radical (unpaired) electrons. The van der Waals surface area contributed by atoms with Gasteiger partial charge >= 0.3 is 0 Å². The lowest BCUT2D eigenvalue weighted by molar-refractivity contribution is 0.235. The van der Waals surface area contributed by atoms with Crippen molar-refractivity contribution in [3.05, 3.63) is 0 Å². The first-order valence-electron chi connectivity index (χ1n) is 5.51. The monoisotopic (exact) mass is 169 g/mol. The van der Waals surface area contributed by atoms with E-state index < -0.39 is 0 Å². The minimum absolute atomic E-state index is 0.810. The van der Waals surface area contributed by atoms with E-state index in [1.165, 1.54) is 32.2 Å². The molecule has 1 rings (SSSR count). The summed E-state index contributed by atoms with van der Waals surface area (Å²) in [6.45, 7) is 8.23. The zero-order valence-corrected chi connectivity index (χ0v) is 8.77. The van der Waals surface area contributed by atoms with E-state index in [2.05, 4.69) is 26.1 Å². The Labute approximate surface area is 76.9 Å². The maximum atomic E-state index is 3.63. The number of piperidine rings is 1. The van der Waals surface area contributed by atoms with Gasteiger partial charge in [-0.3, -0.25) is 0 Å². The summed E-state index contributed by atoms with van der Waals surface area (Å²) in [5.74, 6) is 1.85. The first kappa shape index (κ1) is 10.0. The van der Waals surface area contributed by atoms with Gasteiger partial charge in [0.25, 0.3) is 0 Å². The van der Waals surface area contributed by atoms with Gasteiger partial charge in [0, 0.05) is 6.04 Å². The number of hydrogen-bond donors (Lipinski definition) is 1. The second kappa shape index (κ2) is 4.86. The Kier molecular flexibility index (Phi) is 4.07. The van der Waals surface area contributed by atoms with Crippen LogP contribution >= 0.6 is 0 Å². The zero-order valence-electron chi connectivity index (χ0n) is 8.77. The van der Waals surface area contributed by atoms with Crippen LogP contribution in [0.5, 0.6) is 0 Å². The lowest BCUT2D eigenvalue weighted by atomic mass is 9.83. The molecule has 12 heavy (non-hydrogen) atoms. The molecule has 72 valence electrons. The number of nitrogens with one attached hydrogen (secondary N) is 1. The predicted molar refractivity (Wildman–Crippen MR) is 54.3 cm³/mol. The summed E-state index contributed by atoms with van der Waals surface area (Å²) in [7, 11) is 0. The molecule has 0 saturated carbocycles. The molecule has 1 heterocycles. The average molecular weight is 169 g/mol. The van der Waals surface area contributed by atoms with Gasteiger partial charge in [-0.15, -0.1) is 0 Å². The van der Waals surface area contributed by atoms with Crippen molar-refractivity contribution in [3.63, 3.8) is 0 Å². The molecule has 0 aromatic carbocycles. The standard InChI is InChI=1S/C11H23N/c1-4-9(3)10-6-7-11(5-2)12-8-10/h9-12H,4-8H2,1-3H3. The molecule has 1 aliphatic rings. The molecule has 0 amide bonds. The van der Waals surface area contributed by atoms with Crippen molar-refractivity contribution in [1.29, 1.82) is 0 Å². The minimum Gasteiger partial charge on any atom is -0.314 e. The van der Waals surface area contributed by atoms with Crippen LogP contribution in [0.1, 0.15) is 46.5 Å². The van der Waals surface area contributed by atoms with Crippen LogP contribution in [0.2, 0.25) is 0 Å². The van der Waals surface area contributed by atoms with Gasteiger partial charge in [0.05, 0.1) is 0 Å². The highest BCUT2D eigenvalue weighted by atomic mass is 14.9. The van der Waals surface area contributed by atoms with E-state index in [1.807, 2.05) is 0 Å². The lowest BCUT2D eigenvalue weighted by Gasteiger charge is -2.32. The van der Waals surface area contributed by atoms with E-state index in [0.717, 1.165) is 17.9 Å². The van der Waals surface area contributed by atoms with E-state index in [4.69, 9.17) is 0 Å². The molecule has 0 spiro atoms. The molecule has 1 fully saturated rings. The summed E-state index contributed by atoms with van der Waals surface area (Å²) in [5.41, 5.74) is 0. The van der Waals surface area contributed by atoms with Gasteiger partial charge in [0.15, 0.2) is 0 Å². The van der Waals surface area contributed by atoms with Crippen LogP contribution in [0.15, 0.2) is 0 Å². The Morgan fingerprint density at radius 2 is 2.08 bits per heavy atom. The molecule has 1 saturated heterocycles. The topological polar surface area (TPSA) is 12.0 Å². The maximum absolute atomic E-state index is 3.63. The van der Waals surface area contributed by atoms with Crippen molar-refractivity contribution in [3.8, 4) is 0 Å². The van der Waals surface area contributed by atoms with Crippen LogP contribution in [-0.4, -0.2) is 12.6 Å². The third kappa shape index (κ3) is 2.48. The summed E-state index contributed by atoms with van der Waals surface area (Å²) in [5, 5.41) is 3.63. The summed E-state index contributed by atoms with van der Waals surface area (Å²) < 4.78 is 0. The van der Waals surface area contributed by atoms with Crippen molar-refractivity contribution in [1.82, 2.24) is 5.32 Å². The van der Waals surface area contributed by atoms with Gasteiger partial charge in [0.1, 0.15) is 0 Å². The third-order valence-electron chi connectivity index (χ3n) is 3.50. The van der Waals surface area contributed by atoms with Crippen LogP contribution in [0.4, 0.5) is 0 Å². The Balaban J connectivity index is 2.25. The molecule has 3 unspecified atom stereocenters. The van der Waals surface area contributed by atoms with Crippen LogP contribution in [0.3, 0.4) is 0 Å². The van der Waals surface area contributed by atoms with Crippen LogP contribution in [0.25, 0.3) is 0 Å². The molecule has 1 heteroatoms. The van der Waals surface area contributed by atoms with Gasteiger partial charge < -0.3 is 5.32 Å². The number of hydrogen-bond acceptors (Lipinski definition) is 1. The molecule has 1 nitrogen and oxygen atoms in total. The van der Waals surface area contributed by atoms with Gasteiger partial charge in [0.2, 0.25) is 0 Å². The molecule has 3 atom stereocenters. The van der Waals surface area contributed by atoms with Crippen molar-refractivity contribution in [2.45, 2.75) is 52.5 Å². The van der Waals surface area contributed by atoms with Crippen LogP contribution < -0.4 is 5.32 Å². The fourth-order valence-corrected chi connectivity index (χ4v) is 2.10. The van der Waals surface area contributed by atoms with Crippen molar-refractivity contribution in [2.24, 2.45) is 11.8 Å². The molecular formula is C11H23N. The largest absolute Gasteiger partial charge is 0.314 e. The molecule has 1 N–H and O–H groups in total. The molecule has 0 bridgehead atoms. The van der Waals surface area contributed by atoms with E-state index in [9.17, 15) is 0 Å². The molecular weight excluding hydrogens is 146 g/mol. The number of rotatable bonds is 3. The minimum atomic E-state index is 0.810. The highest BCUT2D eigenvalue weighted by Gasteiger charge is 2.22. The fraction of sp³-hybridized carbons (Fsp3) is 1.00. The van der Waals surface area contributed by atoms with E-state index in [-0.39, 0.29) is 0 Å². The fourth-order valence-electron chi connectivity index (χ4n) is 2.10. The van der Waals surface area contributed by atoms with E-state index in [0.29, 0.717) is 0 Å². The molecule has 0 aliphatic carbocycles. The predicted octanol–water partition coefficient (Wildman–Crippen LogP) is 2.81. The maximum Gasteiger partial charge on any atom is 0.00646 e. The lowest BCUT2D eigenvalue weighted by Crippen LogP contribution is -2.40. The smallest absolute Gasteiger partial charge is 0.00646 e. The summed E-state index contributed by atoms with van der Waals surface area (Å²) in [6, 6.07) is 0.810. The summed E-state index contributed by atoms with van der Waals surface area (Å²) in [6.07, 6.45) is 5.47.